The van der Waals surface area contributed by atoms with E-state index >= 15 is 0 Å². The summed E-state index contributed by atoms with van der Waals surface area (Å²) >= 11 is 0. The Balaban J connectivity index is 2.07. The van der Waals surface area contributed by atoms with Crippen molar-refractivity contribution in [2.24, 2.45) is 5.92 Å². The van der Waals surface area contributed by atoms with E-state index in [0.717, 1.165) is 18.0 Å². The molecular weight excluding hydrogens is 228 g/mol. The fraction of sp³-hybridized carbons (Fsp3) is 0.692. The highest BCUT2D eigenvalue weighted by Crippen LogP contribution is 2.33. The van der Waals surface area contributed by atoms with Crippen molar-refractivity contribution in [3.05, 3.63) is 11.4 Å². The maximum atomic E-state index is 12.2. The number of carbonyl (C=O) groups is 1. The summed E-state index contributed by atoms with van der Waals surface area (Å²) in [5, 5.41) is 7.28. The van der Waals surface area contributed by atoms with Crippen molar-refractivity contribution in [2.45, 2.75) is 52.6 Å². The van der Waals surface area contributed by atoms with Gasteiger partial charge in [-0.15, -0.1) is 0 Å². The molecule has 1 fully saturated rings. The number of amides is 1. The van der Waals surface area contributed by atoms with Crippen molar-refractivity contribution < 1.29 is 4.79 Å². The Hall–Kier alpha value is -1.52. The van der Waals surface area contributed by atoms with E-state index in [1.165, 1.54) is 12.8 Å². The molecule has 3 N–H and O–H groups in total. The van der Waals surface area contributed by atoms with Crippen LogP contribution >= 0.6 is 0 Å². The molecule has 1 aliphatic rings. The van der Waals surface area contributed by atoms with Crippen LogP contribution in [-0.2, 0) is 6.54 Å². The molecule has 0 radical (unpaired) electrons. The lowest BCUT2D eigenvalue weighted by Crippen LogP contribution is -2.34. The van der Waals surface area contributed by atoms with Gasteiger partial charge in [-0.1, -0.05) is 12.8 Å². The summed E-state index contributed by atoms with van der Waals surface area (Å²) < 4.78 is 1.67. The minimum absolute atomic E-state index is 0.108. The van der Waals surface area contributed by atoms with E-state index in [9.17, 15) is 4.79 Å². The normalized spacial score (nSPS) is 16.6. The fourth-order valence-electron chi connectivity index (χ4n) is 2.27. The van der Waals surface area contributed by atoms with Crippen LogP contribution in [-0.4, -0.2) is 21.7 Å². The lowest BCUT2D eigenvalue weighted by Gasteiger charge is -2.14. The lowest BCUT2D eigenvalue weighted by atomic mass is 10.1. The van der Waals surface area contributed by atoms with Gasteiger partial charge in [0.2, 0.25) is 0 Å². The molecule has 1 aromatic rings. The molecule has 0 aliphatic heterocycles. The van der Waals surface area contributed by atoms with Gasteiger partial charge < -0.3 is 11.1 Å². The number of anilines is 1. The van der Waals surface area contributed by atoms with E-state index in [1.54, 1.807) is 4.68 Å². The average molecular weight is 250 g/mol. The molecule has 2 rings (SSSR count). The number of hydrogen-bond donors (Lipinski definition) is 2. The van der Waals surface area contributed by atoms with E-state index in [4.69, 9.17) is 5.73 Å². The average Bonchev–Trinajstić information content (AvgIpc) is 3.05. The van der Waals surface area contributed by atoms with Gasteiger partial charge in [0.1, 0.15) is 5.69 Å². The van der Waals surface area contributed by atoms with Crippen molar-refractivity contribution in [3.63, 3.8) is 0 Å². The molecule has 100 valence electrons. The largest absolute Gasteiger partial charge is 0.395 e. The molecule has 0 spiro atoms. The van der Waals surface area contributed by atoms with Crippen LogP contribution in [0.25, 0.3) is 0 Å². The lowest BCUT2D eigenvalue weighted by molar-refractivity contribution is 0.0927. The predicted octanol–water partition coefficient (Wildman–Crippen LogP) is 1.71. The van der Waals surface area contributed by atoms with Crippen molar-refractivity contribution in [1.82, 2.24) is 15.1 Å². The molecule has 1 heterocycles. The second-order valence-electron chi connectivity index (χ2n) is 5.22. The molecule has 1 aliphatic carbocycles. The number of carbonyl (C=O) groups excluding carboxylic acids is 1. The molecule has 18 heavy (non-hydrogen) atoms. The fourth-order valence-corrected chi connectivity index (χ4v) is 2.27. The standard InChI is InChI=1S/C13H22N4O/c1-4-17-12(11(14)9(3)16-17)13(18)15-8(2)7-10-5-6-10/h8,10H,4-7,14H2,1-3H3,(H,15,18). The molecule has 1 saturated carbocycles. The molecule has 1 atom stereocenters. The van der Waals surface area contributed by atoms with Crippen LogP contribution in [0.5, 0.6) is 0 Å². The maximum Gasteiger partial charge on any atom is 0.271 e. The van der Waals surface area contributed by atoms with E-state index in [2.05, 4.69) is 10.4 Å². The zero-order chi connectivity index (χ0) is 13.3. The van der Waals surface area contributed by atoms with E-state index in [-0.39, 0.29) is 11.9 Å². The van der Waals surface area contributed by atoms with Crippen LogP contribution in [0.4, 0.5) is 5.69 Å². The quantitative estimate of drug-likeness (QED) is 0.835. The van der Waals surface area contributed by atoms with Crippen molar-refractivity contribution >= 4 is 11.6 Å². The zero-order valence-corrected chi connectivity index (χ0v) is 11.4. The second kappa shape index (κ2) is 5.00. The van der Waals surface area contributed by atoms with Gasteiger partial charge >= 0.3 is 0 Å². The maximum absolute atomic E-state index is 12.2. The minimum Gasteiger partial charge on any atom is -0.395 e. The van der Waals surface area contributed by atoms with Crippen molar-refractivity contribution in [2.75, 3.05) is 5.73 Å². The summed E-state index contributed by atoms with van der Waals surface area (Å²) in [6.07, 6.45) is 3.66. The Labute approximate surface area is 108 Å². The van der Waals surface area contributed by atoms with Crippen LogP contribution in [0.2, 0.25) is 0 Å². The molecule has 1 aromatic heterocycles. The molecule has 1 unspecified atom stereocenters. The Kier molecular flexibility index (Phi) is 3.59. The molecule has 5 heteroatoms. The first-order valence-electron chi connectivity index (χ1n) is 6.66. The number of nitrogens with zero attached hydrogens (tertiary/aromatic N) is 2. The summed E-state index contributed by atoms with van der Waals surface area (Å²) in [4.78, 5) is 12.2. The Morgan fingerprint density at radius 3 is 2.83 bits per heavy atom. The highest BCUT2D eigenvalue weighted by Gasteiger charge is 2.26. The SMILES string of the molecule is CCn1nc(C)c(N)c1C(=O)NC(C)CC1CC1. The Bertz CT molecular complexity index is 448. The molecule has 0 aromatic carbocycles. The van der Waals surface area contributed by atoms with Crippen molar-refractivity contribution in [3.8, 4) is 0 Å². The summed E-state index contributed by atoms with van der Waals surface area (Å²) in [6, 6.07) is 0.199. The topological polar surface area (TPSA) is 72.9 Å². The number of nitrogens with two attached hydrogens (primary N) is 1. The van der Waals surface area contributed by atoms with Crippen LogP contribution in [0.1, 0.15) is 49.3 Å². The van der Waals surface area contributed by atoms with Gasteiger partial charge in [-0.25, -0.2) is 0 Å². The van der Waals surface area contributed by atoms with Crippen LogP contribution in [0, 0.1) is 12.8 Å². The smallest absolute Gasteiger partial charge is 0.271 e. The third-order valence-electron chi connectivity index (χ3n) is 3.45. The van der Waals surface area contributed by atoms with E-state index in [1.807, 2.05) is 20.8 Å². The third kappa shape index (κ3) is 2.66. The van der Waals surface area contributed by atoms with Crippen LogP contribution in [0.3, 0.4) is 0 Å². The molecule has 5 nitrogen and oxygen atoms in total. The molecule has 1 amide bonds. The first kappa shape index (κ1) is 12.9. The van der Waals surface area contributed by atoms with Gasteiger partial charge in [0.25, 0.3) is 5.91 Å². The van der Waals surface area contributed by atoms with Crippen molar-refractivity contribution in [1.29, 1.82) is 0 Å². The second-order valence-corrected chi connectivity index (χ2v) is 5.22. The Morgan fingerprint density at radius 2 is 2.28 bits per heavy atom. The first-order chi connectivity index (χ1) is 8.52. The van der Waals surface area contributed by atoms with Gasteiger partial charge in [-0.3, -0.25) is 9.48 Å². The number of nitrogen functional groups attached to an aromatic ring is 1. The van der Waals surface area contributed by atoms with Gasteiger partial charge in [-0.2, -0.15) is 5.10 Å². The van der Waals surface area contributed by atoms with Crippen LogP contribution in [0.15, 0.2) is 0 Å². The first-order valence-corrected chi connectivity index (χ1v) is 6.66. The summed E-state index contributed by atoms with van der Waals surface area (Å²) in [5.41, 5.74) is 7.64. The third-order valence-corrected chi connectivity index (χ3v) is 3.45. The summed E-state index contributed by atoms with van der Waals surface area (Å²) in [5.74, 6) is 0.693. The number of hydrogen-bond acceptors (Lipinski definition) is 3. The molecule has 0 bridgehead atoms. The monoisotopic (exact) mass is 250 g/mol. The Morgan fingerprint density at radius 1 is 1.61 bits per heavy atom. The van der Waals surface area contributed by atoms with Crippen LogP contribution < -0.4 is 11.1 Å². The van der Waals surface area contributed by atoms with E-state index < -0.39 is 0 Å². The number of nitrogens with one attached hydrogen (secondary N) is 1. The highest BCUT2D eigenvalue weighted by atomic mass is 16.2. The van der Waals surface area contributed by atoms with Gasteiger partial charge in [-0.05, 0) is 33.1 Å². The minimum atomic E-state index is -0.108. The number of rotatable bonds is 5. The summed E-state index contributed by atoms with van der Waals surface area (Å²) in [6.45, 7) is 6.48. The zero-order valence-electron chi connectivity index (χ0n) is 11.4. The summed E-state index contributed by atoms with van der Waals surface area (Å²) in [7, 11) is 0. The highest BCUT2D eigenvalue weighted by molar-refractivity contribution is 5.98. The number of aryl methyl sites for hydroxylation is 2. The van der Waals surface area contributed by atoms with Gasteiger partial charge in [0.05, 0.1) is 11.4 Å². The molecule has 0 saturated heterocycles. The van der Waals surface area contributed by atoms with E-state index in [0.29, 0.717) is 17.9 Å². The van der Waals surface area contributed by atoms with Gasteiger partial charge in [0, 0.05) is 12.6 Å². The predicted molar refractivity (Wildman–Crippen MR) is 71.3 cm³/mol. The van der Waals surface area contributed by atoms with Gasteiger partial charge in [0.15, 0.2) is 0 Å². The molecular formula is C13H22N4O. The number of aromatic nitrogens is 2.